The van der Waals surface area contributed by atoms with Gasteiger partial charge in [0.15, 0.2) is 0 Å². The van der Waals surface area contributed by atoms with Gasteiger partial charge in [-0.15, -0.1) is 11.3 Å². The lowest BCUT2D eigenvalue weighted by molar-refractivity contribution is -0.121. The number of hydrogen-bond acceptors (Lipinski definition) is 4. The minimum absolute atomic E-state index is 0.104. The van der Waals surface area contributed by atoms with E-state index in [1.165, 1.54) is 25.9 Å². The molecule has 1 atom stereocenters. The molecule has 1 aliphatic heterocycles. The molecule has 0 bridgehead atoms. The van der Waals surface area contributed by atoms with Gasteiger partial charge in [-0.05, 0) is 39.3 Å². The van der Waals surface area contributed by atoms with Crippen molar-refractivity contribution in [3.63, 3.8) is 0 Å². The fourth-order valence-electron chi connectivity index (χ4n) is 3.39. The van der Waals surface area contributed by atoms with E-state index in [-0.39, 0.29) is 11.9 Å². The zero-order valence-electron chi connectivity index (χ0n) is 15.1. The number of carbonyl (C=O) groups is 1. The lowest BCUT2D eigenvalue weighted by Gasteiger charge is -2.23. The molecule has 1 amide bonds. The number of likely N-dealkylation sites (tertiary alicyclic amines) is 1. The normalized spacial score (nSPS) is 16.1. The largest absolute Gasteiger partial charge is 0.352 e. The molecule has 0 aliphatic carbocycles. The second-order valence-electron chi connectivity index (χ2n) is 6.73. The quantitative estimate of drug-likeness (QED) is 0.823. The molecule has 4 nitrogen and oxygen atoms in total. The van der Waals surface area contributed by atoms with Gasteiger partial charge in [0.25, 0.3) is 0 Å². The van der Waals surface area contributed by atoms with Crippen molar-refractivity contribution in [3.8, 4) is 11.3 Å². The zero-order chi connectivity index (χ0) is 17.6. The highest BCUT2D eigenvalue weighted by molar-refractivity contribution is 7.12. The minimum Gasteiger partial charge on any atom is -0.352 e. The maximum absolute atomic E-state index is 12.6. The van der Waals surface area contributed by atoms with Crippen molar-refractivity contribution in [2.24, 2.45) is 0 Å². The lowest BCUT2D eigenvalue weighted by atomic mass is 10.1. The first-order valence-corrected chi connectivity index (χ1v) is 10.0. The van der Waals surface area contributed by atoms with Crippen molar-refractivity contribution < 1.29 is 4.79 Å². The van der Waals surface area contributed by atoms with Gasteiger partial charge < -0.3 is 10.2 Å². The monoisotopic (exact) mass is 357 g/mol. The topological polar surface area (TPSA) is 45.2 Å². The van der Waals surface area contributed by atoms with Crippen LogP contribution >= 0.6 is 11.3 Å². The molecule has 25 heavy (non-hydrogen) atoms. The number of amides is 1. The van der Waals surface area contributed by atoms with Crippen molar-refractivity contribution in [3.05, 3.63) is 40.2 Å². The van der Waals surface area contributed by atoms with Gasteiger partial charge in [-0.25, -0.2) is 4.98 Å². The van der Waals surface area contributed by atoms with E-state index in [0.717, 1.165) is 34.1 Å². The van der Waals surface area contributed by atoms with E-state index in [0.29, 0.717) is 6.42 Å². The van der Waals surface area contributed by atoms with Crippen LogP contribution in [0, 0.1) is 6.92 Å². The Morgan fingerprint density at radius 2 is 2.00 bits per heavy atom. The molecule has 0 saturated carbocycles. The molecular formula is C20H27N3OS. The van der Waals surface area contributed by atoms with Crippen LogP contribution in [0.15, 0.2) is 30.3 Å². The van der Waals surface area contributed by atoms with E-state index in [9.17, 15) is 4.79 Å². The number of rotatable bonds is 7. The highest BCUT2D eigenvalue weighted by Gasteiger charge is 2.20. The molecule has 2 heterocycles. The Morgan fingerprint density at radius 3 is 2.68 bits per heavy atom. The maximum atomic E-state index is 12.6. The molecule has 5 heteroatoms. The Kier molecular flexibility index (Phi) is 6.21. The van der Waals surface area contributed by atoms with Gasteiger partial charge in [-0.2, -0.15) is 0 Å². The van der Waals surface area contributed by atoms with E-state index in [1.54, 1.807) is 11.3 Å². The fraction of sp³-hybridized carbons (Fsp3) is 0.500. The molecule has 1 aromatic heterocycles. The molecule has 1 N–H and O–H groups in total. The van der Waals surface area contributed by atoms with E-state index in [1.807, 2.05) is 25.1 Å². The molecule has 1 aromatic carbocycles. The van der Waals surface area contributed by atoms with Gasteiger partial charge >= 0.3 is 0 Å². The number of benzene rings is 1. The Labute approximate surface area is 154 Å². The number of carbonyl (C=O) groups excluding carboxylic acids is 1. The third-order valence-corrected chi connectivity index (χ3v) is 5.68. The van der Waals surface area contributed by atoms with Crippen molar-refractivity contribution in [2.45, 2.75) is 45.6 Å². The van der Waals surface area contributed by atoms with Crippen molar-refractivity contribution in [2.75, 3.05) is 19.6 Å². The average Bonchev–Trinajstić information content (AvgIpc) is 3.24. The van der Waals surface area contributed by atoms with Crippen LogP contribution in [-0.4, -0.2) is 41.5 Å². The van der Waals surface area contributed by atoms with Crippen LogP contribution in [0.3, 0.4) is 0 Å². The highest BCUT2D eigenvalue weighted by atomic mass is 32.1. The number of nitrogens with zero attached hydrogens (tertiary/aromatic N) is 2. The molecule has 3 rings (SSSR count). The molecule has 0 spiro atoms. The van der Waals surface area contributed by atoms with Gasteiger partial charge in [0.05, 0.1) is 17.1 Å². The molecule has 0 radical (unpaired) electrons. The summed E-state index contributed by atoms with van der Waals surface area (Å²) >= 11 is 1.62. The van der Waals surface area contributed by atoms with Crippen LogP contribution in [0.4, 0.5) is 0 Å². The number of thiazole rings is 1. The smallest absolute Gasteiger partial charge is 0.225 e. The van der Waals surface area contributed by atoms with Crippen LogP contribution in [0.2, 0.25) is 0 Å². The van der Waals surface area contributed by atoms with Crippen LogP contribution < -0.4 is 5.32 Å². The van der Waals surface area contributed by atoms with E-state index in [2.05, 4.69) is 34.3 Å². The summed E-state index contributed by atoms with van der Waals surface area (Å²) in [4.78, 5) is 20.8. The van der Waals surface area contributed by atoms with Gasteiger partial charge in [0, 0.05) is 23.0 Å². The molecule has 134 valence electrons. The first kappa shape index (κ1) is 18.1. The first-order chi connectivity index (χ1) is 12.2. The van der Waals surface area contributed by atoms with Crippen LogP contribution in [0.5, 0.6) is 0 Å². The molecular weight excluding hydrogens is 330 g/mol. The first-order valence-electron chi connectivity index (χ1n) is 9.19. The Morgan fingerprint density at radius 1 is 1.28 bits per heavy atom. The van der Waals surface area contributed by atoms with Crippen LogP contribution in [0.1, 0.15) is 36.1 Å². The molecule has 1 aliphatic rings. The Balaban J connectivity index is 1.64. The maximum Gasteiger partial charge on any atom is 0.225 e. The summed E-state index contributed by atoms with van der Waals surface area (Å²) in [6, 6.07) is 10.4. The van der Waals surface area contributed by atoms with Crippen molar-refractivity contribution in [1.29, 1.82) is 0 Å². The molecule has 0 unspecified atom stereocenters. The van der Waals surface area contributed by atoms with Crippen molar-refractivity contribution >= 4 is 17.2 Å². The summed E-state index contributed by atoms with van der Waals surface area (Å²) in [6.45, 7) is 7.45. The Bertz CT molecular complexity index is 692. The second-order valence-corrected chi connectivity index (χ2v) is 8.02. The standard InChI is InChI=1S/C20H27N3OS/c1-3-17(14-23-11-7-8-12-23)22-19(24)13-18-20(21-15(2)25-18)16-9-5-4-6-10-16/h4-6,9-10,17H,3,7-8,11-14H2,1-2H3,(H,22,24)/t17-/m0/s1. The number of aryl methyl sites for hydroxylation is 1. The summed E-state index contributed by atoms with van der Waals surface area (Å²) in [5.41, 5.74) is 2.03. The minimum atomic E-state index is 0.104. The number of hydrogen-bond donors (Lipinski definition) is 1. The lowest BCUT2D eigenvalue weighted by Crippen LogP contribution is -2.43. The molecule has 1 saturated heterocycles. The predicted molar refractivity (Wildman–Crippen MR) is 104 cm³/mol. The fourth-order valence-corrected chi connectivity index (χ4v) is 4.35. The summed E-state index contributed by atoms with van der Waals surface area (Å²) < 4.78 is 0. The van der Waals surface area contributed by atoms with E-state index in [4.69, 9.17) is 0 Å². The number of nitrogens with one attached hydrogen (secondary N) is 1. The third-order valence-electron chi connectivity index (χ3n) is 4.71. The van der Waals surface area contributed by atoms with E-state index < -0.39 is 0 Å². The molecule has 1 fully saturated rings. The predicted octanol–water partition coefficient (Wildman–Crippen LogP) is 3.65. The van der Waals surface area contributed by atoms with Gasteiger partial charge in [-0.1, -0.05) is 37.3 Å². The van der Waals surface area contributed by atoms with Gasteiger partial charge in [0.2, 0.25) is 5.91 Å². The summed E-state index contributed by atoms with van der Waals surface area (Å²) in [5, 5.41) is 4.23. The van der Waals surface area contributed by atoms with Gasteiger partial charge in [0.1, 0.15) is 0 Å². The van der Waals surface area contributed by atoms with Crippen LogP contribution in [-0.2, 0) is 11.2 Å². The number of aromatic nitrogens is 1. The average molecular weight is 358 g/mol. The third kappa shape index (κ3) is 4.89. The summed E-state index contributed by atoms with van der Waals surface area (Å²) in [7, 11) is 0. The van der Waals surface area contributed by atoms with Gasteiger partial charge in [-0.3, -0.25) is 4.79 Å². The van der Waals surface area contributed by atoms with E-state index >= 15 is 0 Å². The SMILES string of the molecule is CC[C@@H](CN1CCCC1)NC(=O)Cc1sc(C)nc1-c1ccccc1. The Hall–Kier alpha value is -1.72. The highest BCUT2D eigenvalue weighted by Crippen LogP contribution is 2.28. The zero-order valence-corrected chi connectivity index (χ0v) is 15.9. The summed E-state index contributed by atoms with van der Waals surface area (Å²) in [6.07, 6.45) is 3.94. The summed E-state index contributed by atoms with van der Waals surface area (Å²) in [5.74, 6) is 0.104. The molecule has 2 aromatic rings. The van der Waals surface area contributed by atoms with Crippen LogP contribution in [0.25, 0.3) is 11.3 Å². The second kappa shape index (κ2) is 8.59. The van der Waals surface area contributed by atoms with Crippen molar-refractivity contribution in [1.82, 2.24) is 15.2 Å².